The van der Waals surface area contributed by atoms with Crippen molar-refractivity contribution in [1.29, 1.82) is 0 Å². The largest absolute Gasteiger partial charge is 0.459 e. The molecule has 0 unspecified atom stereocenters. The molecule has 0 aliphatic carbocycles. The van der Waals surface area contributed by atoms with Crippen molar-refractivity contribution >= 4 is 40.9 Å². The van der Waals surface area contributed by atoms with Crippen LogP contribution in [0.5, 0.6) is 0 Å². The minimum Gasteiger partial charge on any atom is -0.459 e. The van der Waals surface area contributed by atoms with Gasteiger partial charge in [0.15, 0.2) is 5.96 Å². The lowest BCUT2D eigenvalue weighted by Gasteiger charge is -2.11. The number of rotatable bonds is 6. The Bertz CT molecular complexity index is 1020. The van der Waals surface area contributed by atoms with Crippen LogP contribution >= 0.6 is 24.0 Å². The lowest BCUT2D eigenvalue weighted by atomic mass is 10.1. The number of halogens is 1. The van der Waals surface area contributed by atoms with Crippen molar-refractivity contribution < 1.29 is 4.42 Å². The minimum absolute atomic E-state index is 0. The second-order valence-electron chi connectivity index (χ2n) is 6.47. The van der Waals surface area contributed by atoms with E-state index in [1.54, 1.807) is 13.2 Å². The lowest BCUT2D eigenvalue weighted by Crippen LogP contribution is -2.37. The zero-order chi connectivity index (χ0) is 19.2. The van der Waals surface area contributed by atoms with Gasteiger partial charge in [-0.15, -0.1) is 24.0 Å². The molecule has 0 fully saturated rings. The highest BCUT2D eigenvalue weighted by atomic mass is 127. The number of para-hydroxylation sites is 1. The Kier molecular flexibility index (Phi) is 7.29. The van der Waals surface area contributed by atoms with Crippen LogP contribution in [0.3, 0.4) is 0 Å². The molecule has 0 aliphatic heterocycles. The van der Waals surface area contributed by atoms with Gasteiger partial charge in [0, 0.05) is 31.4 Å². The topological polar surface area (TPSA) is 67.4 Å². The number of hydrogen-bond donors (Lipinski definition) is 2. The van der Waals surface area contributed by atoms with Gasteiger partial charge in [0.1, 0.15) is 11.3 Å². The molecule has 6 nitrogen and oxygen atoms in total. The van der Waals surface area contributed by atoms with Gasteiger partial charge in [0.2, 0.25) is 0 Å². The maximum Gasteiger partial charge on any atom is 0.191 e. The highest BCUT2D eigenvalue weighted by molar-refractivity contribution is 14.0. The number of nitrogens with zero attached hydrogens (tertiary/aromatic N) is 3. The molecule has 2 aromatic heterocycles. The minimum atomic E-state index is 0. The normalized spacial score (nSPS) is 11.3. The third-order valence-corrected chi connectivity index (χ3v) is 4.54. The molecule has 0 atom stereocenters. The molecule has 0 radical (unpaired) electrons. The highest BCUT2D eigenvalue weighted by Crippen LogP contribution is 2.18. The fraction of sp³-hybridized carbons (Fsp3) is 0.182. The predicted molar refractivity (Wildman–Crippen MR) is 127 cm³/mol. The number of aromatic nitrogens is 2. The molecule has 2 heterocycles. The Hall–Kier alpha value is -2.81. The van der Waals surface area contributed by atoms with Crippen LogP contribution in [0.2, 0.25) is 0 Å². The van der Waals surface area contributed by atoms with E-state index in [0.29, 0.717) is 6.54 Å². The number of hydrogen-bond acceptors (Lipinski definition) is 3. The molecule has 0 amide bonds. The Balaban J connectivity index is 0.00000240. The first kappa shape index (κ1) is 20.9. The number of furan rings is 1. The third-order valence-electron chi connectivity index (χ3n) is 4.54. The molecule has 150 valence electrons. The summed E-state index contributed by atoms with van der Waals surface area (Å²) in [6, 6.07) is 20.4. The summed E-state index contributed by atoms with van der Waals surface area (Å²) in [6.07, 6.45) is 4.63. The molecular weight excluding hydrogens is 477 g/mol. The standard InChI is InChI=1S/C22H23N5O.HI/c1-23-22(25-16-20-15-18-5-2-3-6-21(18)28-20)24-13-11-17-7-9-19(10-8-17)27-14-4-12-26-27;/h2-10,12,14-15H,11,13,16H2,1H3,(H2,23,24,25);1H. The Morgan fingerprint density at radius 1 is 1.07 bits per heavy atom. The fourth-order valence-corrected chi connectivity index (χ4v) is 3.08. The van der Waals surface area contributed by atoms with Crippen LogP contribution in [-0.4, -0.2) is 29.3 Å². The summed E-state index contributed by atoms with van der Waals surface area (Å²) in [5.41, 5.74) is 3.22. The van der Waals surface area contributed by atoms with Gasteiger partial charge in [-0.05, 0) is 42.3 Å². The van der Waals surface area contributed by atoms with Crippen molar-refractivity contribution in [2.45, 2.75) is 13.0 Å². The van der Waals surface area contributed by atoms with E-state index in [1.165, 1.54) is 5.56 Å². The first-order valence-electron chi connectivity index (χ1n) is 9.33. The van der Waals surface area contributed by atoms with Gasteiger partial charge in [-0.2, -0.15) is 5.10 Å². The summed E-state index contributed by atoms with van der Waals surface area (Å²) in [4.78, 5) is 4.28. The van der Waals surface area contributed by atoms with Crippen LogP contribution in [0.15, 0.2) is 82.5 Å². The van der Waals surface area contributed by atoms with Gasteiger partial charge in [-0.1, -0.05) is 30.3 Å². The summed E-state index contributed by atoms with van der Waals surface area (Å²) in [7, 11) is 1.77. The molecule has 0 bridgehead atoms. The van der Waals surface area contributed by atoms with E-state index in [2.05, 4.69) is 51.1 Å². The monoisotopic (exact) mass is 501 g/mol. The average molecular weight is 501 g/mol. The molecule has 4 aromatic rings. The molecular formula is C22H24IN5O. The smallest absolute Gasteiger partial charge is 0.191 e. The van der Waals surface area contributed by atoms with Crippen LogP contribution in [0.25, 0.3) is 16.7 Å². The molecule has 2 N–H and O–H groups in total. The van der Waals surface area contributed by atoms with Gasteiger partial charge < -0.3 is 15.1 Å². The maximum atomic E-state index is 5.83. The Morgan fingerprint density at radius 3 is 2.62 bits per heavy atom. The van der Waals surface area contributed by atoms with E-state index in [0.717, 1.165) is 41.3 Å². The zero-order valence-corrected chi connectivity index (χ0v) is 18.5. The molecule has 0 aliphatic rings. The van der Waals surface area contributed by atoms with Crippen molar-refractivity contribution in [3.63, 3.8) is 0 Å². The van der Waals surface area contributed by atoms with Crippen LogP contribution in [0, 0.1) is 0 Å². The number of fused-ring (bicyclic) bond motifs is 1. The SMILES string of the molecule is CN=C(NCCc1ccc(-n2cccn2)cc1)NCc1cc2ccccc2o1.I. The zero-order valence-electron chi connectivity index (χ0n) is 16.2. The molecule has 2 aromatic carbocycles. The number of nitrogens with one attached hydrogen (secondary N) is 2. The van der Waals surface area contributed by atoms with Gasteiger partial charge in [-0.3, -0.25) is 4.99 Å². The van der Waals surface area contributed by atoms with E-state index < -0.39 is 0 Å². The first-order chi connectivity index (χ1) is 13.8. The van der Waals surface area contributed by atoms with E-state index in [-0.39, 0.29) is 24.0 Å². The second kappa shape index (κ2) is 10.1. The molecule has 29 heavy (non-hydrogen) atoms. The maximum absolute atomic E-state index is 5.83. The van der Waals surface area contributed by atoms with Crippen molar-refractivity contribution in [2.75, 3.05) is 13.6 Å². The summed E-state index contributed by atoms with van der Waals surface area (Å²) in [6.45, 7) is 1.38. The van der Waals surface area contributed by atoms with Crippen LogP contribution < -0.4 is 10.6 Å². The highest BCUT2D eigenvalue weighted by Gasteiger charge is 2.04. The molecule has 0 saturated heterocycles. The van der Waals surface area contributed by atoms with Crippen molar-refractivity contribution in [1.82, 2.24) is 20.4 Å². The average Bonchev–Trinajstić information content (AvgIpc) is 3.40. The van der Waals surface area contributed by atoms with E-state index in [1.807, 2.05) is 41.2 Å². The second-order valence-corrected chi connectivity index (χ2v) is 6.47. The summed E-state index contributed by atoms with van der Waals surface area (Å²) in [5.74, 6) is 1.65. The predicted octanol–water partition coefficient (Wildman–Crippen LogP) is 4.14. The van der Waals surface area contributed by atoms with Gasteiger partial charge in [0.05, 0.1) is 12.2 Å². The van der Waals surface area contributed by atoms with E-state index in [9.17, 15) is 0 Å². The lowest BCUT2D eigenvalue weighted by molar-refractivity contribution is 0.538. The number of benzene rings is 2. The summed E-state index contributed by atoms with van der Waals surface area (Å²) < 4.78 is 7.68. The van der Waals surface area contributed by atoms with Gasteiger partial charge in [0.25, 0.3) is 0 Å². The summed E-state index contributed by atoms with van der Waals surface area (Å²) >= 11 is 0. The van der Waals surface area contributed by atoms with Crippen LogP contribution in [-0.2, 0) is 13.0 Å². The van der Waals surface area contributed by atoms with Crippen LogP contribution in [0.1, 0.15) is 11.3 Å². The van der Waals surface area contributed by atoms with Crippen LogP contribution in [0.4, 0.5) is 0 Å². The van der Waals surface area contributed by atoms with Crippen molar-refractivity contribution in [2.24, 2.45) is 4.99 Å². The Morgan fingerprint density at radius 2 is 1.90 bits per heavy atom. The first-order valence-corrected chi connectivity index (χ1v) is 9.33. The van der Waals surface area contributed by atoms with Gasteiger partial charge in [-0.25, -0.2) is 4.68 Å². The summed E-state index contributed by atoms with van der Waals surface area (Å²) in [5, 5.41) is 12.0. The quantitative estimate of drug-likeness (QED) is 0.237. The Labute approximate surface area is 187 Å². The molecule has 4 rings (SSSR count). The van der Waals surface area contributed by atoms with Crippen molar-refractivity contribution in [3.05, 3.63) is 84.4 Å². The fourth-order valence-electron chi connectivity index (χ4n) is 3.08. The van der Waals surface area contributed by atoms with Gasteiger partial charge >= 0.3 is 0 Å². The number of guanidine groups is 1. The molecule has 0 spiro atoms. The third kappa shape index (κ3) is 5.38. The van der Waals surface area contributed by atoms with Crippen molar-refractivity contribution in [3.8, 4) is 5.69 Å². The molecule has 0 saturated carbocycles. The number of aliphatic imine (C=N–C) groups is 1. The molecule has 7 heteroatoms. The van der Waals surface area contributed by atoms with E-state index in [4.69, 9.17) is 4.42 Å². The van der Waals surface area contributed by atoms with E-state index >= 15 is 0 Å².